The van der Waals surface area contributed by atoms with E-state index in [0.29, 0.717) is 18.1 Å². The van der Waals surface area contributed by atoms with Crippen molar-refractivity contribution >= 4 is 23.0 Å². The molecule has 4 N–H and O–H groups in total. The van der Waals surface area contributed by atoms with E-state index in [9.17, 15) is 23.3 Å². The molecule has 1 saturated carbocycles. The summed E-state index contributed by atoms with van der Waals surface area (Å²) in [6.45, 7) is 0. The molecule has 1 heterocycles. The van der Waals surface area contributed by atoms with E-state index in [4.69, 9.17) is 4.74 Å². The third-order valence-corrected chi connectivity index (χ3v) is 7.08. The molecule has 0 spiro atoms. The van der Waals surface area contributed by atoms with Gasteiger partial charge in [-0.2, -0.15) is 0 Å². The van der Waals surface area contributed by atoms with E-state index in [0.717, 1.165) is 24.6 Å². The van der Waals surface area contributed by atoms with Crippen LogP contribution in [-0.2, 0) is 21.2 Å². The number of benzene rings is 2. The summed E-state index contributed by atoms with van der Waals surface area (Å²) in [6.07, 6.45) is 6.72. The van der Waals surface area contributed by atoms with Crippen molar-refractivity contribution in [3.63, 3.8) is 0 Å². The number of hydrogen-bond acceptors (Lipinski definition) is 8. The molecule has 1 aliphatic carbocycles. The normalized spacial score (nSPS) is 14.5. The van der Waals surface area contributed by atoms with Gasteiger partial charge in [-0.3, -0.25) is 9.52 Å². The second-order valence-electron chi connectivity index (χ2n) is 8.73. The van der Waals surface area contributed by atoms with Crippen LogP contribution in [0.3, 0.4) is 0 Å². The Morgan fingerprint density at radius 1 is 1.05 bits per heavy atom. The van der Waals surface area contributed by atoms with Crippen molar-refractivity contribution in [2.24, 2.45) is 5.92 Å². The highest BCUT2D eigenvalue weighted by Gasteiger charge is 2.33. The van der Waals surface area contributed by atoms with E-state index in [2.05, 4.69) is 20.0 Å². The van der Waals surface area contributed by atoms with Gasteiger partial charge in [0.2, 0.25) is 5.91 Å². The highest BCUT2D eigenvalue weighted by molar-refractivity contribution is 7.89. The van der Waals surface area contributed by atoms with Gasteiger partial charge in [-0.15, -0.1) is 0 Å². The molecule has 1 atom stereocenters. The minimum atomic E-state index is -4.02. The monoisotopic (exact) mass is 522 g/mol. The van der Waals surface area contributed by atoms with Crippen LogP contribution in [-0.4, -0.2) is 47.4 Å². The Balaban J connectivity index is 1.49. The van der Waals surface area contributed by atoms with Crippen LogP contribution in [0, 0.1) is 5.92 Å². The number of carbonyl (C=O) groups is 1. The number of aromatic nitrogens is 2. The summed E-state index contributed by atoms with van der Waals surface area (Å²) in [7, 11) is -5.74. The van der Waals surface area contributed by atoms with Crippen LogP contribution in [0.5, 0.6) is 11.8 Å². The zero-order chi connectivity index (χ0) is 26.3. The van der Waals surface area contributed by atoms with Crippen molar-refractivity contribution in [3.05, 3.63) is 90.4 Å². The molecule has 0 bridgehead atoms. The summed E-state index contributed by atoms with van der Waals surface area (Å²) in [6, 6.07) is 16.5. The molecule has 3 aromatic rings. The van der Waals surface area contributed by atoms with Crippen LogP contribution in [0.2, 0.25) is 0 Å². The van der Waals surface area contributed by atoms with Gasteiger partial charge in [-0.25, -0.2) is 18.4 Å². The van der Waals surface area contributed by atoms with Gasteiger partial charge in [0.15, 0.2) is 0 Å². The summed E-state index contributed by atoms with van der Waals surface area (Å²) in [4.78, 5) is 20.9. The van der Waals surface area contributed by atoms with Crippen LogP contribution >= 0.6 is 0 Å². The zero-order valence-electron chi connectivity index (χ0n) is 19.9. The van der Waals surface area contributed by atoms with E-state index in [-0.39, 0.29) is 22.9 Å². The van der Waals surface area contributed by atoms with E-state index in [1.807, 2.05) is 30.3 Å². The van der Waals surface area contributed by atoms with Crippen LogP contribution < -0.4 is 14.8 Å². The Labute approximate surface area is 215 Å². The Morgan fingerprint density at radius 3 is 2.35 bits per heavy atom. The van der Waals surface area contributed by atoms with Gasteiger partial charge >= 0.3 is 13.1 Å². The maximum atomic E-state index is 13.1. The molecule has 2 aromatic carbocycles. The molecule has 0 radical (unpaired) electrons. The van der Waals surface area contributed by atoms with Crippen LogP contribution in [0.15, 0.2) is 89.7 Å². The quantitative estimate of drug-likeness (QED) is 0.208. The molecule has 1 aliphatic rings. The van der Waals surface area contributed by atoms with Gasteiger partial charge in [0.25, 0.3) is 10.0 Å². The first-order chi connectivity index (χ1) is 17.8. The minimum absolute atomic E-state index is 0.0399. The highest BCUT2D eigenvalue weighted by atomic mass is 32.2. The summed E-state index contributed by atoms with van der Waals surface area (Å²) in [5.74, 6) is -0.740. The fourth-order valence-corrected chi connectivity index (χ4v) is 4.52. The van der Waals surface area contributed by atoms with Crippen molar-refractivity contribution in [2.75, 3.05) is 0 Å². The Bertz CT molecular complexity index is 1320. The number of hydrogen-bond donors (Lipinski definition) is 4. The fourth-order valence-electron chi connectivity index (χ4n) is 3.59. The predicted molar refractivity (Wildman–Crippen MR) is 137 cm³/mol. The molecule has 10 nitrogen and oxygen atoms in total. The second-order valence-corrected chi connectivity index (χ2v) is 10.4. The first-order valence-electron chi connectivity index (χ1n) is 11.8. The van der Waals surface area contributed by atoms with Gasteiger partial charge < -0.3 is 20.1 Å². The van der Waals surface area contributed by atoms with Crippen LogP contribution in [0.4, 0.5) is 0 Å². The molecular formula is C25H27BN4O6S. The number of ether oxygens (including phenoxy) is 1. The van der Waals surface area contributed by atoms with Crippen LogP contribution in [0.1, 0.15) is 24.8 Å². The Kier molecular flexibility index (Phi) is 8.54. The molecule has 192 valence electrons. The number of rotatable bonds is 12. The summed E-state index contributed by atoms with van der Waals surface area (Å²) < 4.78 is 33.7. The molecule has 37 heavy (non-hydrogen) atoms. The summed E-state index contributed by atoms with van der Waals surface area (Å²) in [5.41, 5.74) is 0.911. The SMILES string of the molecule is O=C(NC(CC1CC1)B(O)O)/C(=C/NS(=O)(=O)c1ccc(Oc2ncccn2)cc1)Cc1ccccc1. The standard InChI is InChI=1S/C25H27BN4O6S/c31-24(30-23(26(32)33)16-19-7-8-19)20(15-18-5-2-1-3-6-18)17-29-37(34,35)22-11-9-21(10-12-22)36-25-27-13-4-14-28-25/h1-6,9-14,17,19,23,29,32-33H,7-8,15-16H2,(H,30,31)/b20-17+. The number of amides is 1. The zero-order valence-corrected chi connectivity index (χ0v) is 20.7. The van der Waals surface area contributed by atoms with Gasteiger partial charge in [-0.1, -0.05) is 43.2 Å². The predicted octanol–water partition coefficient (Wildman–Crippen LogP) is 1.97. The molecule has 1 unspecified atom stereocenters. The smallest absolute Gasteiger partial charge is 0.426 e. The van der Waals surface area contributed by atoms with Crippen molar-refractivity contribution in [1.29, 1.82) is 0 Å². The van der Waals surface area contributed by atoms with Crippen molar-refractivity contribution in [2.45, 2.75) is 36.5 Å². The molecular weight excluding hydrogens is 495 g/mol. The van der Waals surface area contributed by atoms with Gasteiger partial charge in [0, 0.05) is 30.6 Å². The second kappa shape index (κ2) is 12.0. The van der Waals surface area contributed by atoms with Crippen molar-refractivity contribution in [3.8, 4) is 11.8 Å². The fraction of sp³-hybridized carbons (Fsp3) is 0.240. The molecule has 0 aliphatic heterocycles. The maximum absolute atomic E-state index is 13.1. The number of nitrogens with zero attached hydrogens (tertiary/aromatic N) is 2. The third-order valence-electron chi connectivity index (χ3n) is 5.76. The third kappa shape index (κ3) is 7.87. The number of carbonyl (C=O) groups excluding carboxylic acids is 1. The lowest BCUT2D eigenvalue weighted by molar-refractivity contribution is -0.118. The first-order valence-corrected chi connectivity index (χ1v) is 13.3. The molecule has 1 amide bonds. The topological polar surface area (TPSA) is 151 Å². The van der Waals surface area contributed by atoms with Gasteiger partial charge in [-0.05, 0) is 48.2 Å². The van der Waals surface area contributed by atoms with E-state index in [1.165, 1.54) is 36.7 Å². The van der Waals surface area contributed by atoms with E-state index >= 15 is 0 Å². The Morgan fingerprint density at radius 2 is 1.73 bits per heavy atom. The minimum Gasteiger partial charge on any atom is -0.426 e. The largest absolute Gasteiger partial charge is 0.475 e. The lowest BCUT2D eigenvalue weighted by Crippen LogP contribution is -2.47. The average Bonchev–Trinajstić information content (AvgIpc) is 3.72. The molecule has 1 aromatic heterocycles. The molecule has 1 fully saturated rings. The van der Waals surface area contributed by atoms with Crippen LogP contribution in [0.25, 0.3) is 0 Å². The van der Waals surface area contributed by atoms with Crippen molar-refractivity contribution in [1.82, 2.24) is 20.0 Å². The summed E-state index contributed by atoms with van der Waals surface area (Å²) in [5, 5.41) is 22.1. The molecule has 4 rings (SSSR count). The Hall–Kier alpha value is -3.74. The van der Waals surface area contributed by atoms with Gasteiger partial charge in [0.05, 0.1) is 10.8 Å². The number of sulfonamides is 1. The summed E-state index contributed by atoms with van der Waals surface area (Å²) >= 11 is 0. The van der Waals surface area contributed by atoms with E-state index < -0.39 is 29.0 Å². The number of nitrogens with one attached hydrogen (secondary N) is 2. The van der Waals surface area contributed by atoms with Gasteiger partial charge in [0.1, 0.15) is 5.75 Å². The lowest BCUT2D eigenvalue weighted by atomic mass is 9.76. The highest BCUT2D eigenvalue weighted by Crippen LogP contribution is 2.33. The lowest BCUT2D eigenvalue weighted by Gasteiger charge is -2.19. The van der Waals surface area contributed by atoms with E-state index in [1.54, 1.807) is 6.07 Å². The molecule has 0 saturated heterocycles. The van der Waals surface area contributed by atoms with Crippen molar-refractivity contribution < 1.29 is 28.0 Å². The molecule has 12 heteroatoms. The first kappa shape index (κ1) is 26.3. The maximum Gasteiger partial charge on any atom is 0.475 e. The average molecular weight is 522 g/mol.